The minimum Gasteiger partial charge on any atom is -0.454 e. The van der Waals surface area contributed by atoms with Crippen LogP contribution in [0.4, 0.5) is 0 Å². The Bertz CT molecular complexity index is 731. The van der Waals surface area contributed by atoms with Crippen LogP contribution >= 0.6 is 22.6 Å². The van der Waals surface area contributed by atoms with Crippen LogP contribution < -0.4 is 9.47 Å². The van der Waals surface area contributed by atoms with Crippen molar-refractivity contribution < 1.29 is 9.47 Å². The standard InChI is InChI=1S/C16H10INO2/c17-14-3-1-2-11(7-14)6-13(9-18)12-4-5-15-16(8-12)20-10-19-15/h1-8H,10H2/b13-6+. The minimum atomic E-state index is 0.237. The molecular formula is C16H10INO2. The van der Waals surface area contributed by atoms with Crippen molar-refractivity contribution in [2.24, 2.45) is 0 Å². The number of allylic oxidation sites excluding steroid dienone is 1. The zero-order valence-corrected chi connectivity index (χ0v) is 12.6. The largest absolute Gasteiger partial charge is 0.454 e. The molecule has 0 fully saturated rings. The highest BCUT2D eigenvalue weighted by Gasteiger charge is 2.14. The minimum absolute atomic E-state index is 0.237. The monoisotopic (exact) mass is 375 g/mol. The van der Waals surface area contributed by atoms with Crippen molar-refractivity contribution in [1.29, 1.82) is 5.26 Å². The predicted octanol–water partition coefficient (Wildman–Crippen LogP) is 4.08. The Morgan fingerprint density at radius 3 is 2.80 bits per heavy atom. The van der Waals surface area contributed by atoms with E-state index in [1.807, 2.05) is 48.5 Å². The number of hydrogen-bond acceptors (Lipinski definition) is 3. The van der Waals surface area contributed by atoms with E-state index in [4.69, 9.17) is 9.47 Å². The van der Waals surface area contributed by atoms with Crippen LogP contribution in [0.1, 0.15) is 11.1 Å². The zero-order valence-electron chi connectivity index (χ0n) is 10.5. The molecule has 1 aliphatic rings. The average Bonchev–Trinajstić information content (AvgIpc) is 2.92. The fourth-order valence-electron chi connectivity index (χ4n) is 2.01. The van der Waals surface area contributed by atoms with Crippen molar-refractivity contribution >= 4 is 34.2 Å². The number of rotatable bonds is 2. The molecular weight excluding hydrogens is 365 g/mol. The van der Waals surface area contributed by atoms with E-state index >= 15 is 0 Å². The molecule has 0 aromatic heterocycles. The van der Waals surface area contributed by atoms with E-state index in [-0.39, 0.29) is 6.79 Å². The lowest BCUT2D eigenvalue weighted by Gasteiger charge is -2.02. The van der Waals surface area contributed by atoms with Gasteiger partial charge in [0.1, 0.15) is 0 Å². The highest BCUT2D eigenvalue weighted by Crippen LogP contribution is 2.34. The molecule has 20 heavy (non-hydrogen) atoms. The molecule has 3 nitrogen and oxygen atoms in total. The highest BCUT2D eigenvalue weighted by molar-refractivity contribution is 14.1. The molecule has 0 radical (unpaired) electrons. The van der Waals surface area contributed by atoms with Gasteiger partial charge in [-0.1, -0.05) is 12.1 Å². The Hall–Kier alpha value is -2.00. The molecule has 0 saturated heterocycles. The predicted molar refractivity (Wildman–Crippen MR) is 85.2 cm³/mol. The van der Waals surface area contributed by atoms with Gasteiger partial charge >= 0.3 is 0 Å². The van der Waals surface area contributed by atoms with Gasteiger partial charge in [-0.2, -0.15) is 5.26 Å². The van der Waals surface area contributed by atoms with Crippen molar-refractivity contribution in [3.63, 3.8) is 0 Å². The second-order valence-corrected chi connectivity index (χ2v) is 5.54. The van der Waals surface area contributed by atoms with Crippen LogP contribution in [0.5, 0.6) is 11.5 Å². The molecule has 0 aliphatic carbocycles. The summed E-state index contributed by atoms with van der Waals surface area (Å²) < 4.78 is 11.8. The fourth-order valence-corrected chi connectivity index (χ4v) is 2.57. The molecule has 0 amide bonds. The summed E-state index contributed by atoms with van der Waals surface area (Å²) >= 11 is 2.25. The van der Waals surface area contributed by atoms with E-state index in [2.05, 4.69) is 28.7 Å². The molecule has 2 aromatic carbocycles. The normalized spacial score (nSPS) is 13.1. The van der Waals surface area contributed by atoms with Crippen molar-refractivity contribution in [2.75, 3.05) is 6.79 Å². The number of nitriles is 1. The van der Waals surface area contributed by atoms with Crippen LogP contribution in [-0.4, -0.2) is 6.79 Å². The fraction of sp³-hybridized carbons (Fsp3) is 0.0625. The average molecular weight is 375 g/mol. The summed E-state index contributed by atoms with van der Waals surface area (Å²) in [5, 5.41) is 9.37. The van der Waals surface area contributed by atoms with Gasteiger partial charge in [-0.3, -0.25) is 0 Å². The maximum atomic E-state index is 9.37. The van der Waals surface area contributed by atoms with Crippen LogP contribution in [-0.2, 0) is 0 Å². The van der Waals surface area contributed by atoms with Crippen molar-refractivity contribution in [1.82, 2.24) is 0 Å². The van der Waals surface area contributed by atoms with E-state index < -0.39 is 0 Å². The lowest BCUT2D eigenvalue weighted by Crippen LogP contribution is -1.92. The summed E-state index contributed by atoms with van der Waals surface area (Å²) in [6, 6.07) is 15.8. The molecule has 0 atom stereocenters. The van der Waals surface area contributed by atoms with Gasteiger partial charge in [0.05, 0.1) is 11.6 Å². The van der Waals surface area contributed by atoms with Crippen LogP contribution in [0.2, 0.25) is 0 Å². The number of ether oxygens (including phenoxy) is 2. The Balaban J connectivity index is 2.00. The van der Waals surface area contributed by atoms with E-state index in [0.717, 1.165) is 20.4 Å². The Kier molecular flexibility index (Phi) is 3.61. The summed E-state index contributed by atoms with van der Waals surface area (Å²) in [4.78, 5) is 0. The number of nitrogens with zero attached hydrogens (tertiary/aromatic N) is 1. The summed E-state index contributed by atoms with van der Waals surface area (Å²) in [6.07, 6.45) is 1.87. The van der Waals surface area contributed by atoms with Gasteiger partial charge in [0.15, 0.2) is 11.5 Å². The summed E-state index contributed by atoms with van der Waals surface area (Å²) in [6.45, 7) is 0.237. The van der Waals surface area contributed by atoms with E-state index in [1.54, 1.807) is 0 Å². The Labute approximate surface area is 130 Å². The second-order valence-electron chi connectivity index (χ2n) is 4.29. The van der Waals surface area contributed by atoms with Crippen LogP contribution in [0.15, 0.2) is 42.5 Å². The van der Waals surface area contributed by atoms with Gasteiger partial charge in [0.2, 0.25) is 6.79 Å². The van der Waals surface area contributed by atoms with Crippen LogP contribution in [0.3, 0.4) is 0 Å². The van der Waals surface area contributed by atoms with Crippen LogP contribution in [0, 0.1) is 14.9 Å². The summed E-state index contributed by atoms with van der Waals surface area (Å²) in [5.41, 5.74) is 2.44. The topological polar surface area (TPSA) is 42.2 Å². The molecule has 0 N–H and O–H groups in total. The second kappa shape index (κ2) is 5.55. The van der Waals surface area contributed by atoms with Gasteiger partial charge in [0.25, 0.3) is 0 Å². The van der Waals surface area contributed by atoms with Gasteiger partial charge in [-0.25, -0.2) is 0 Å². The molecule has 0 saturated carbocycles. The van der Waals surface area contributed by atoms with Gasteiger partial charge in [-0.15, -0.1) is 0 Å². The first-order valence-corrected chi connectivity index (χ1v) is 7.11. The lowest BCUT2D eigenvalue weighted by atomic mass is 10.0. The van der Waals surface area contributed by atoms with Crippen LogP contribution in [0.25, 0.3) is 11.6 Å². The smallest absolute Gasteiger partial charge is 0.231 e. The van der Waals surface area contributed by atoms with Gasteiger partial charge in [-0.05, 0) is 70.1 Å². The first-order valence-electron chi connectivity index (χ1n) is 6.03. The Morgan fingerprint density at radius 1 is 1.15 bits per heavy atom. The number of fused-ring (bicyclic) bond motifs is 1. The molecule has 1 heterocycles. The third kappa shape index (κ3) is 2.63. The zero-order chi connectivity index (χ0) is 13.9. The third-order valence-corrected chi connectivity index (χ3v) is 3.63. The number of benzene rings is 2. The molecule has 1 aliphatic heterocycles. The third-order valence-electron chi connectivity index (χ3n) is 2.96. The molecule has 4 heteroatoms. The quantitative estimate of drug-likeness (QED) is 0.451. The molecule has 3 rings (SSSR count). The maximum Gasteiger partial charge on any atom is 0.231 e. The lowest BCUT2D eigenvalue weighted by molar-refractivity contribution is 0.174. The molecule has 98 valence electrons. The SMILES string of the molecule is N#C/C(=C\c1cccc(I)c1)c1ccc2c(c1)OCO2. The molecule has 0 bridgehead atoms. The molecule has 0 spiro atoms. The van der Waals surface area contributed by atoms with Gasteiger partial charge < -0.3 is 9.47 Å². The van der Waals surface area contributed by atoms with E-state index in [9.17, 15) is 5.26 Å². The van der Waals surface area contributed by atoms with E-state index in [0.29, 0.717) is 11.3 Å². The van der Waals surface area contributed by atoms with Gasteiger partial charge in [0, 0.05) is 3.57 Å². The number of hydrogen-bond donors (Lipinski definition) is 0. The first-order chi connectivity index (χ1) is 9.76. The maximum absolute atomic E-state index is 9.37. The summed E-state index contributed by atoms with van der Waals surface area (Å²) in [5.74, 6) is 1.41. The molecule has 0 unspecified atom stereocenters. The molecule has 2 aromatic rings. The summed E-state index contributed by atoms with van der Waals surface area (Å²) in [7, 11) is 0. The van der Waals surface area contributed by atoms with E-state index in [1.165, 1.54) is 0 Å². The van der Waals surface area contributed by atoms with Crippen molar-refractivity contribution in [2.45, 2.75) is 0 Å². The van der Waals surface area contributed by atoms with Crippen molar-refractivity contribution in [3.05, 3.63) is 57.2 Å². The first kappa shape index (κ1) is 13.0. The Morgan fingerprint density at radius 2 is 2.00 bits per heavy atom. The number of halogens is 1. The highest BCUT2D eigenvalue weighted by atomic mass is 127. The van der Waals surface area contributed by atoms with Crippen molar-refractivity contribution in [3.8, 4) is 17.6 Å².